The summed E-state index contributed by atoms with van der Waals surface area (Å²) >= 11 is 0. The average molecular weight is 434 g/mol. The number of fused-ring (bicyclic) bond motifs is 2. The van der Waals surface area contributed by atoms with Crippen LogP contribution in [0.2, 0.25) is 0 Å². The van der Waals surface area contributed by atoms with Gasteiger partial charge in [0.05, 0.1) is 18.7 Å². The molecular weight excluding hydrogens is 402 g/mol. The number of carbonyl (C=O) groups is 1. The summed E-state index contributed by atoms with van der Waals surface area (Å²) in [5.41, 5.74) is 2.53. The normalized spacial score (nSPS) is 14.5. The molecule has 0 saturated carbocycles. The number of nitrogens with one attached hydrogen (secondary N) is 1. The molecule has 2 heterocycles. The lowest BCUT2D eigenvalue weighted by molar-refractivity contribution is -0.914. The lowest BCUT2D eigenvalue weighted by atomic mass is 9.99. The minimum absolute atomic E-state index is 0.0514. The predicted octanol–water partition coefficient (Wildman–Crippen LogP) is 4.42. The Bertz CT molecular complexity index is 1120. The first-order chi connectivity index (χ1) is 15.5. The van der Waals surface area contributed by atoms with Gasteiger partial charge in [-0.25, -0.2) is 0 Å². The molecule has 1 N–H and O–H groups in total. The van der Waals surface area contributed by atoms with Gasteiger partial charge in [-0.3, -0.25) is 4.79 Å². The second-order valence-electron chi connectivity index (χ2n) is 8.63. The van der Waals surface area contributed by atoms with Gasteiger partial charge in [0.2, 0.25) is 5.78 Å². The Morgan fingerprint density at radius 1 is 1.06 bits per heavy atom. The Kier molecular flexibility index (Phi) is 6.66. The molecule has 0 spiro atoms. The van der Waals surface area contributed by atoms with E-state index in [9.17, 15) is 9.90 Å². The number of Topliss-reactive ketones (excluding diaryl/α,β-unsaturated/α-hetero) is 1. The fourth-order valence-corrected chi connectivity index (χ4v) is 4.34. The number of ketones is 1. The summed E-state index contributed by atoms with van der Waals surface area (Å²) in [6.07, 6.45) is 6.09. The van der Waals surface area contributed by atoms with Crippen LogP contribution in [-0.2, 0) is 6.54 Å². The zero-order valence-corrected chi connectivity index (χ0v) is 19.1. The molecule has 2 aromatic carbocycles. The third-order valence-electron chi connectivity index (χ3n) is 6.12. The Hall–Kier alpha value is -3.05. The van der Waals surface area contributed by atoms with E-state index in [1.54, 1.807) is 19.1 Å². The van der Waals surface area contributed by atoms with Crippen LogP contribution in [0.25, 0.3) is 17.0 Å². The van der Waals surface area contributed by atoms with Crippen LogP contribution < -0.4 is 14.7 Å². The van der Waals surface area contributed by atoms with Crippen LogP contribution in [-0.4, -0.2) is 18.9 Å². The molecule has 0 amide bonds. The highest BCUT2D eigenvalue weighted by atomic mass is 16.5. The molecule has 0 atom stereocenters. The molecule has 168 valence electrons. The number of ether oxygens (including phenoxy) is 1. The fourth-order valence-electron chi connectivity index (χ4n) is 4.34. The topological polar surface area (TPSA) is 66.9 Å². The van der Waals surface area contributed by atoms with E-state index in [0.717, 1.165) is 49.7 Å². The Morgan fingerprint density at radius 3 is 2.47 bits per heavy atom. The van der Waals surface area contributed by atoms with E-state index in [2.05, 4.69) is 13.8 Å². The third kappa shape index (κ3) is 4.44. The molecule has 0 unspecified atom stereocenters. The van der Waals surface area contributed by atoms with Gasteiger partial charge in [-0.15, -0.1) is 0 Å². The summed E-state index contributed by atoms with van der Waals surface area (Å²) in [6.45, 7) is 8.75. The number of benzene rings is 2. The van der Waals surface area contributed by atoms with E-state index in [-0.39, 0.29) is 17.3 Å². The standard InChI is InChI=1S/C27H31NO4/c1-4-6-12-28(13-7-5-2)17-21-22(29)14-18(3)25-26(30)24(32-27(21)25)16-20-15-19-10-8-9-11-23(19)31-20/h8-11,14-16,29H,4-7,12-13,17H2,1-3H3/b24-16-. The maximum Gasteiger partial charge on any atom is 0.232 e. The van der Waals surface area contributed by atoms with E-state index in [1.807, 2.05) is 30.3 Å². The molecule has 0 aliphatic carbocycles. The molecule has 4 rings (SSSR count). The first-order valence-corrected chi connectivity index (χ1v) is 11.6. The monoisotopic (exact) mass is 433 g/mol. The number of furan rings is 1. The van der Waals surface area contributed by atoms with E-state index in [0.29, 0.717) is 34.7 Å². The molecule has 32 heavy (non-hydrogen) atoms. The van der Waals surface area contributed by atoms with Crippen LogP contribution in [0, 0.1) is 6.92 Å². The lowest BCUT2D eigenvalue weighted by Crippen LogP contribution is -3.10. The number of hydrogen-bond donors (Lipinski definition) is 1. The van der Waals surface area contributed by atoms with Gasteiger partial charge in [0.15, 0.2) is 5.76 Å². The van der Waals surface area contributed by atoms with Gasteiger partial charge in [-0.2, -0.15) is 0 Å². The van der Waals surface area contributed by atoms with E-state index in [4.69, 9.17) is 9.15 Å². The number of rotatable bonds is 9. The van der Waals surface area contributed by atoms with Gasteiger partial charge in [-0.1, -0.05) is 56.7 Å². The van der Waals surface area contributed by atoms with Crippen molar-refractivity contribution >= 4 is 22.8 Å². The molecule has 0 saturated heterocycles. The number of unbranched alkanes of at least 4 members (excludes halogenated alkanes) is 2. The highest BCUT2D eigenvalue weighted by molar-refractivity contribution is 6.15. The second kappa shape index (κ2) is 9.61. The van der Waals surface area contributed by atoms with Crippen molar-refractivity contribution in [2.45, 2.75) is 53.0 Å². The van der Waals surface area contributed by atoms with Gasteiger partial charge in [0.1, 0.15) is 23.6 Å². The predicted molar refractivity (Wildman–Crippen MR) is 124 cm³/mol. The first kappa shape index (κ1) is 22.2. The Balaban J connectivity index is 1.67. The molecule has 3 aromatic rings. The molecular formula is C27H31NO4. The Labute approximate surface area is 189 Å². The summed E-state index contributed by atoms with van der Waals surface area (Å²) < 4.78 is 11.9. The quantitative estimate of drug-likeness (QED) is 0.508. The molecule has 1 aliphatic heterocycles. The van der Waals surface area contributed by atoms with Crippen LogP contribution in [0.1, 0.15) is 66.8 Å². The zero-order valence-electron chi connectivity index (χ0n) is 19.1. The highest BCUT2D eigenvalue weighted by Gasteiger charge is 2.33. The van der Waals surface area contributed by atoms with E-state index >= 15 is 0 Å². The first-order valence-electron chi connectivity index (χ1n) is 11.6. The SMILES string of the molecule is CCCC[NH+](CCCC)Cc1c([O-])cc(C)c2c1O/C(=C\c1cc3ccccc3o1)C2=O. The minimum Gasteiger partial charge on any atom is -0.872 e. The molecule has 5 nitrogen and oxygen atoms in total. The maximum absolute atomic E-state index is 13.2. The van der Waals surface area contributed by atoms with Gasteiger partial charge < -0.3 is 19.2 Å². The number of hydrogen-bond acceptors (Lipinski definition) is 4. The summed E-state index contributed by atoms with van der Waals surface area (Å²) in [5.74, 6) is 0.958. The zero-order chi connectivity index (χ0) is 22.7. The van der Waals surface area contributed by atoms with Gasteiger partial charge in [-0.05, 0) is 37.5 Å². The van der Waals surface area contributed by atoms with Gasteiger partial charge in [0.25, 0.3) is 0 Å². The summed E-state index contributed by atoms with van der Waals surface area (Å²) in [6, 6.07) is 11.2. The number of allylic oxidation sites excluding steroid dienone is 1. The van der Waals surface area contributed by atoms with Crippen molar-refractivity contribution in [3.63, 3.8) is 0 Å². The average Bonchev–Trinajstić information content (AvgIpc) is 3.33. The maximum atomic E-state index is 13.2. The number of aryl methyl sites for hydroxylation is 1. The van der Waals surface area contributed by atoms with Crippen molar-refractivity contribution in [2.75, 3.05) is 13.1 Å². The number of quaternary nitrogens is 1. The van der Waals surface area contributed by atoms with Crippen molar-refractivity contribution in [1.82, 2.24) is 0 Å². The largest absolute Gasteiger partial charge is 0.872 e. The van der Waals surface area contributed by atoms with Crippen molar-refractivity contribution in [3.8, 4) is 11.5 Å². The van der Waals surface area contributed by atoms with E-state index < -0.39 is 0 Å². The molecule has 0 bridgehead atoms. The molecule has 1 aliphatic rings. The summed E-state index contributed by atoms with van der Waals surface area (Å²) in [4.78, 5) is 14.6. The van der Waals surface area contributed by atoms with Crippen molar-refractivity contribution in [2.24, 2.45) is 0 Å². The van der Waals surface area contributed by atoms with Gasteiger partial charge in [0, 0.05) is 17.0 Å². The number of carbonyl (C=O) groups excluding carboxylic acids is 1. The van der Waals surface area contributed by atoms with E-state index in [1.165, 1.54) is 4.90 Å². The molecule has 0 fully saturated rings. The van der Waals surface area contributed by atoms with Crippen molar-refractivity contribution in [3.05, 3.63) is 64.6 Å². The van der Waals surface area contributed by atoms with Crippen LogP contribution in [0.15, 0.2) is 46.6 Å². The van der Waals surface area contributed by atoms with Gasteiger partial charge >= 0.3 is 0 Å². The molecule has 5 heteroatoms. The van der Waals surface area contributed by atoms with Crippen LogP contribution in [0.4, 0.5) is 0 Å². The van der Waals surface area contributed by atoms with Crippen LogP contribution >= 0.6 is 0 Å². The fraction of sp³-hybridized carbons (Fsp3) is 0.370. The van der Waals surface area contributed by atoms with Crippen molar-refractivity contribution in [1.29, 1.82) is 0 Å². The van der Waals surface area contributed by atoms with Crippen molar-refractivity contribution < 1.29 is 24.0 Å². The number of para-hydroxylation sites is 1. The Morgan fingerprint density at radius 2 is 1.78 bits per heavy atom. The minimum atomic E-state index is -0.192. The lowest BCUT2D eigenvalue weighted by Gasteiger charge is -2.24. The molecule has 0 radical (unpaired) electrons. The summed E-state index contributed by atoms with van der Waals surface area (Å²) in [5, 5.41) is 13.9. The summed E-state index contributed by atoms with van der Waals surface area (Å²) in [7, 11) is 0. The van der Waals surface area contributed by atoms with Crippen LogP contribution in [0.3, 0.4) is 0 Å². The smallest absolute Gasteiger partial charge is 0.232 e. The molecule has 1 aromatic heterocycles. The highest BCUT2D eigenvalue weighted by Crippen LogP contribution is 2.40. The second-order valence-corrected chi connectivity index (χ2v) is 8.63. The van der Waals surface area contributed by atoms with Crippen LogP contribution in [0.5, 0.6) is 11.5 Å². The third-order valence-corrected chi connectivity index (χ3v) is 6.12.